The van der Waals surface area contributed by atoms with E-state index in [4.69, 9.17) is 4.74 Å². The minimum atomic E-state index is -1.40. The van der Waals surface area contributed by atoms with E-state index in [1.165, 1.54) is 13.4 Å². The van der Waals surface area contributed by atoms with E-state index >= 15 is 0 Å². The second-order valence-electron chi connectivity index (χ2n) is 1.96. The summed E-state index contributed by atoms with van der Waals surface area (Å²) in [7, 11) is 1.46. The first kappa shape index (κ1) is 11.7. The van der Waals surface area contributed by atoms with Crippen molar-refractivity contribution < 1.29 is 22.7 Å². The fourth-order valence-corrected chi connectivity index (χ4v) is 0.727. The van der Waals surface area contributed by atoms with E-state index in [-0.39, 0.29) is 25.8 Å². The van der Waals surface area contributed by atoms with Crippen LogP contribution in [-0.4, -0.2) is 43.4 Å². The molecule has 0 spiro atoms. The van der Waals surface area contributed by atoms with E-state index < -0.39 is 11.1 Å². The molecule has 0 aliphatic heterocycles. The maximum atomic E-state index is 10.8. The van der Waals surface area contributed by atoms with Gasteiger partial charge in [0.25, 0.3) is 0 Å². The SMILES string of the molecule is COCOCC(=O)COS(C)=O. The fourth-order valence-electron chi connectivity index (χ4n) is 0.429. The molecule has 12 heavy (non-hydrogen) atoms. The Balaban J connectivity index is 3.28. The fraction of sp³-hybridized carbons (Fsp3) is 0.833. The molecule has 0 aliphatic rings. The molecule has 0 aliphatic carbocycles. The zero-order valence-corrected chi connectivity index (χ0v) is 7.89. The largest absolute Gasteiger partial charge is 0.359 e. The highest BCUT2D eigenvalue weighted by molar-refractivity contribution is 7.79. The molecule has 0 aromatic rings. The van der Waals surface area contributed by atoms with Gasteiger partial charge in [0.05, 0.1) is 0 Å². The third-order valence-electron chi connectivity index (χ3n) is 0.850. The Labute approximate surface area is 73.6 Å². The Morgan fingerprint density at radius 1 is 1.42 bits per heavy atom. The first-order chi connectivity index (χ1) is 5.66. The summed E-state index contributed by atoms with van der Waals surface area (Å²) in [6.45, 7) is -0.196. The quantitative estimate of drug-likeness (QED) is 0.405. The molecule has 5 nitrogen and oxygen atoms in total. The minimum absolute atomic E-state index is 0.0704. The summed E-state index contributed by atoms with van der Waals surface area (Å²) in [5, 5.41) is 0. The Bertz CT molecular complexity index is 158. The molecule has 1 atom stereocenters. The lowest BCUT2D eigenvalue weighted by atomic mass is 10.5. The van der Waals surface area contributed by atoms with Crippen molar-refractivity contribution in [1.82, 2.24) is 0 Å². The molecule has 1 unspecified atom stereocenters. The second kappa shape index (κ2) is 7.35. The van der Waals surface area contributed by atoms with Crippen molar-refractivity contribution >= 4 is 16.9 Å². The Morgan fingerprint density at radius 3 is 2.58 bits per heavy atom. The molecule has 0 aromatic heterocycles. The normalized spacial score (nSPS) is 12.8. The van der Waals surface area contributed by atoms with Crippen LogP contribution in [0.25, 0.3) is 0 Å². The molecule has 0 saturated heterocycles. The summed E-state index contributed by atoms with van der Waals surface area (Å²) in [6, 6.07) is 0. The van der Waals surface area contributed by atoms with Crippen LogP contribution >= 0.6 is 0 Å². The molecule has 0 amide bonds. The summed E-state index contributed by atoms with van der Waals surface area (Å²) in [5.41, 5.74) is 0. The van der Waals surface area contributed by atoms with Crippen molar-refractivity contribution in [3.8, 4) is 0 Å². The molecule has 0 fully saturated rings. The molecule has 0 rings (SSSR count). The molecule has 72 valence electrons. The Kier molecular flexibility index (Phi) is 7.17. The van der Waals surface area contributed by atoms with Crippen molar-refractivity contribution in [3.05, 3.63) is 0 Å². The minimum Gasteiger partial charge on any atom is -0.359 e. The topological polar surface area (TPSA) is 61.8 Å². The van der Waals surface area contributed by atoms with Crippen molar-refractivity contribution in [3.63, 3.8) is 0 Å². The van der Waals surface area contributed by atoms with Gasteiger partial charge in [0.2, 0.25) is 0 Å². The van der Waals surface area contributed by atoms with Gasteiger partial charge in [-0.25, -0.2) is 4.21 Å². The standard InChI is InChI=1S/C6H12O5S/c1-9-5-10-3-6(7)4-11-12(2)8/h3-5H2,1-2H3. The van der Waals surface area contributed by atoms with Crippen molar-refractivity contribution in [2.75, 3.05) is 33.4 Å². The maximum absolute atomic E-state index is 10.8. The zero-order valence-electron chi connectivity index (χ0n) is 7.07. The third kappa shape index (κ3) is 7.80. The molecule has 0 radical (unpaired) electrons. The predicted molar refractivity (Wildman–Crippen MR) is 42.9 cm³/mol. The summed E-state index contributed by atoms with van der Waals surface area (Å²) < 4.78 is 24.2. The van der Waals surface area contributed by atoms with Gasteiger partial charge in [-0.15, -0.1) is 0 Å². The van der Waals surface area contributed by atoms with Gasteiger partial charge in [-0.05, 0) is 0 Å². The van der Waals surface area contributed by atoms with E-state index in [0.29, 0.717) is 0 Å². The lowest BCUT2D eigenvalue weighted by molar-refractivity contribution is -0.129. The van der Waals surface area contributed by atoms with E-state index in [1.807, 2.05) is 0 Å². The van der Waals surface area contributed by atoms with Crippen LogP contribution < -0.4 is 0 Å². The average molecular weight is 196 g/mol. The highest BCUT2D eigenvalue weighted by Crippen LogP contribution is 1.83. The van der Waals surface area contributed by atoms with Gasteiger partial charge < -0.3 is 9.47 Å². The van der Waals surface area contributed by atoms with Crippen LogP contribution in [0.3, 0.4) is 0 Å². The molecule has 0 saturated carbocycles. The lowest BCUT2D eigenvalue weighted by Gasteiger charge is -2.01. The van der Waals surface area contributed by atoms with Gasteiger partial charge in [0.1, 0.15) is 20.0 Å². The number of hydrogen-bond donors (Lipinski definition) is 0. The molecule has 0 N–H and O–H groups in total. The van der Waals surface area contributed by atoms with Crippen LogP contribution in [0.4, 0.5) is 0 Å². The van der Waals surface area contributed by atoms with Gasteiger partial charge in [-0.1, -0.05) is 0 Å². The van der Waals surface area contributed by atoms with Crippen molar-refractivity contribution in [2.24, 2.45) is 0 Å². The van der Waals surface area contributed by atoms with Crippen LogP contribution in [-0.2, 0) is 29.5 Å². The summed E-state index contributed by atoms with van der Waals surface area (Å²) >= 11 is -1.40. The van der Waals surface area contributed by atoms with E-state index in [1.54, 1.807) is 0 Å². The number of ether oxygens (including phenoxy) is 2. The average Bonchev–Trinajstić information content (AvgIpc) is 2.01. The summed E-state index contributed by atoms with van der Waals surface area (Å²) in [6.07, 6.45) is 1.35. The van der Waals surface area contributed by atoms with Crippen LogP contribution in [0.5, 0.6) is 0 Å². The van der Waals surface area contributed by atoms with Gasteiger partial charge in [0, 0.05) is 13.4 Å². The number of ketones is 1. The van der Waals surface area contributed by atoms with Crippen LogP contribution in [0.2, 0.25) is 0 Å². The molecule has 0 bridgehead atoms. The predicted octanol–water partition coefficient (Wildman–Crippen LogP) is -0.514. The summed E-state index contributed by atoms with van der Waals surface area (Å²) in [5.74, 6) is -0.262. The van der Waals surface area contributed by atoms with Crippen LogP contribution in [0, 0.1) is 0 Å². The van der Waals surface area contributed by atoms with E-state index in [0.717, 1.165) is 0 Å². The van der Waals surface area contributed by atoms with Gasteiger partial charge in [0.15, 0.2) is 16.9 Å². The number of carbonyl (C=O) groups excluding carboxylic acids is 1. The number of carbonyl (C=O) groups is 1. The molecule has 0 heterocycles. The molecular formula is C6H12O5S. The Morgan fingerprint density at radius 2 is 2.08 bits per heavy atom. The zero-order chi connectivity index (χ0) is 9.40. The number of rotatable bonds is 7. The van der Waals surface area contributed by atoms with Crippen LogP contribution in [0.15, 0.2) is 0 Å². The summed E-state index contributed by atoms with van der Waals surface area (Å²) in [4.78, 5) is 10.8. The number of hydrogen-bond acceptors (Lipinski definition) is 5. The van der Waals surface area contributed by atoms with Gasteiger partial charge in [-0.2, -0.15) is 0 Å². The molecule has 6 heteroatoms. The van der Waals surface area contributed by atoms with Gasteiger partial charge >= 0.3 is 0 Å². The monoisotopic (exact) mass is 196 g/mol. The van der Waals surface area contributed by atoms with Crippen molar-refractivity contribution in [1.29, 1.82) is 0 Å². The van der Waals surface area contributed by atoms with E-state index in [9.17, 15) is 9.00 Å². The lowest BCUT2D eigenvalue weighted by Crippen LogP contribution is -2.16. The number of Topliss-reactive ketones (excluding diaryl/α,β-unsaturated/α-hetero) is 1. The van der Waals surface area contributed by atoms with Crippen LogP contribution in [0.1, 0.15) is 0 Å². The first-order valence-corrected chi connectivity index (χ1v) is 4.70. The van der Waals surface area contributed by atoms with E-state index in [2.05, 4.69) is 8.92 Å². The first-order valence-electron chi connectivity index (χ1n) is 3.22. The molecular weight excluding hydrogens is 184 g/mol. The highest BCUT2D eigenvalue weighted by atomic mass is 32.2. The van der Waals surface area contributed by atoms with Crippen molar-refractivity contribution in [2.45, 2.75) is 0 Å². The third-order valence-corrected chi connectivity index (χ3v) is 1.30. The van der Waals surface area contributed by atoms with Gasteiger partial charge in [-0.3, -0.25) is 8.98 Å². The highest BCUT2D eigenvalue weighted by Gasteiger charge is 2.02. The smallest absolute Gasteiger partial charge is 0.185 e. The Hall–Kier alpha value is -0.300. The number of methoxy groups -OCH3 is 1. The second-order valence-corrected chi connectivity index (χ2v) is 3.00. The maximum Gasteiger partial charge on any atom is 0.185 e. The molecule has 0 aromatic carbocycles.